The third-order valence-corrected chi connectivity index (χ3v) is 4.39. The van der Waals surface area contributed by atoms with Crippen LogP contribution in [0.4, 0.5) is 4.39 Å². The van der Waals surface area contributed by atoms with Crippen LogP contribution in [-0.2, 0) is 9.53 Å². The first-order valence-corrected chi connectivity index (χ1v) is 8.57. The van der Waals surface area contributed by atoms with Crippen molar-refractivity contribution in [2.45, 2.75) is 19.1 Å². The Hall–Kier alpha value is -2.73. The predicted molar refractivity (Wildman–Crippen MR) is 95.0 cm³/mol. The van der Waals surface area contributed by atoms with E-state index in [0.717, 1.165) is 5.56 Å². The van der Waals surface area contributed by atoms with Crippen LogP contribution in [0.15, 0.2) is 54.6 Å². The summed E-state index contributed by atoms with van der Waals surface area (Å²) in [6.45, 7) is 2.91. The fraction of sp³-hybridized carbons (Fsp3) is 0.300. The summed E-state index contributed by atoms with van der Waals surface area (Å²) in [5.74, 6) is -1.42. The molecule has 2 amide bonds. The summed E-state index contributed by atoms with van der Waals surface area (Å²) in [5.41, 5.74) is 0.935. The highest BCUT2D eigenvalue weighted by atomic mass is 19.1. The first-order chi connectivity index (χ1) is 12.6. The highest BCUT2D eigenvalue weighted by Crippen LogP contribution is 2.22. The van der Waals surface area contributed by atoms with Crippen molar-refractivity contribution in [2.75, 3.05) is 19.7 Å². The SMILES string of the molecule is C[C@@H](NC(=O)c1ccccc1F)C(=O)N1CCOC(c2ccccc2)C1. The molecule has 3 rings (SSSR count). The summed E-state index contributed by atoms with van der Waals surface area (Å²) in [4.78, 5) is 26.6. The van der Waals surface area contributed by atoms with Gasteiger partial charge in [0.25, 0.3) is 5.91 Å². The fourth-order valence-electron chi connectivity index (χ4n) is 2.97. The number of amides is 2. The van der Waals surface area contributed by atoms with Crippen molar-refractivity contribution in [3.63, 3.8) is 0 Å². The van der Waals surface area contributed by atoms with Crippen LogP contribution in [0.5, 0.6) is 0 Å². The van der Waals surface area contributed by atoms with Crippen molar-refractivity contribution in [1.82, 2.24) is 10.2 Å². The molecule has 26 heavy (non-hydrogen) atoms. The monoisotopic (exact) mass is 356 g/mol. The maximum atomic E-state index is 13.7. The third-order valence-electron chi connectivity index (χ3n) is 4.39. The number of rotatable bonds is 4. The normalized spacial score (nSPS) is 18.2. The van der Waals surface area contributed by atoms with Gasteiger partial charge in [0.15, 0.2) is 0 Å². The molecule has 2 aromatic rings. The van der Waals surface area contributed by atoms with Gasteiger partial charge in [-0.3, -0.25) is 9.59 Å². The summed E-state index contributed by atoms with van der Waals surface area (Å²) < 4.78 is 19.5. The second-order valence-electron chi connectivity index (χ2n) is 6.23. The molecule has 1 heterocycles. The molecule has 0 saturated carbocycles. The topological polar surface area (TPSA) is 58.6 Å². The molecule has 0 spiro atoms. The van der Waals surface area contributed by atoms with Crippen LogP contribution in [0.25, 0.3) is 0 Å². The fourth-order valence-corrected chi connectivity index (χ4v) is 2.97. The van der Waals surface area contributed by atoms with Crippen LogP contribution in [-0.4, -0.2) is 42.5 Å². The number of benzene rings is 2. The summed E-state index contributed by atoms with van der Waals surface area (Å²) in [7, 11) is 0. The van der Waals surface area contributed by atoms with E-state index < -0.39 is 17.8 Å². The number of carbonyl (C=O) groups excluding carboxylic acids is 2. The van der Waals surface area contributed by atoms with Crippen molar-refractivity contribution in [2.24, 2.45) is 0 Å². The van der Waals surface area contributed by atoms with Gasteiger partial charge in [0.05, 0.1) is 18.7 Å². The van der Waals surface area contributed by atoms with Gasteiger partial charge in [0.2, 0.25) is 5.91 Å². The molecule has 0 bridgehead atoms. The zero-order valence-electron chi connectivity index (χ0n) is 14.5. The summed E-state index contributed by atoms with van der Waals surface area (Å²) >= 11 is 0. The van der Waals surface area contributed by atoms with Crippen molar-refractivity contribution in [3.05, 3.63) is 71.5 Å². The molecule has 1 saturated heterocycles. The number of nitrogens with zero attached hydrogens (tertiary/aromatic N) is 1. The van der Waals surface area contributed by atoms with Crippen LogP contribution < -0.4 is 5.32 Å². The molecular formula is C20H21FN2O3. The molecule has 1 unspecified atom stereocenters. The average Bonchev–Trinajstić information content (AvgIpc) is 2.68. The minimum atomic E-state index is -0.753. The molecule has 0 aliphatic carbocycles. The second-order valence-corrected chi connectivity index (χ2v) is 6.23. The van der Waals surface area contributed by atoms with E-state index >= 15 is 0 Å². The molecule has 0 aromatic heterocycles. The molecule has 1 aliphatic rings. The average molecular weight is 356 g/mol. The lowest BCUT2D eigenvalue weighted by Crippen LogP contribution is -2.51. The van der Waals surface area contributed by atoms with Crippen LogP contribution in [0.1, 0.15) is 28.9 Å². The van der Waals surface area contributed by atoms with Crippen molar-refractivity contribution in [3.8, 4) is 0 Å². The van der Waals surface area contributed by atoms with E-state index in [4.69, 9.17) is 4.74 Å². The Morgan fingerprint density at radius 3 is 2.58 bits per heavy atom. The lowest BCUT2D eigenvalue weighted by molar-refractivity contribution is -0.140. The van der Waals surface area contributed by atoms with E-state index in [9.17, 15) is 14.0 Å². The van der Waals surface area contributed by atoms with E-state index in [1.165, 1.54) is 18.2 Å². The van der Waals surface area contributed by atoms with Gasteiger partial charge >= 0.3 is 0 Å². The van der Waals surface area contributed by atoms with E-state index in [1.807, 2.05) is 30.3 Å². The number of hydrogen-bond donors (Lipinski definition) is 1. The van der Waals surface area contributed by atoms with Crippen LogP contribution >= 0.6 is 0 Å². The molecule has 2 atom stereocenters. The number of carbonyl (C=O) groups is 2. The molecule has 6 heteroatoms. The van der Waals surface area contributed by atoms with Crippen LogP contribution in [0.2, 0.25) is 0 Å². The van der Waals surface area contributed by atoms with E-state index in [0.29, 0.717) is 19.7 Å². The molecule has 1 N–H and O–H groups in total. The lowest BCUT2D eigenvalue weighted by Gasteiger charge is -2.34. The minimum absolute atomic E-state index is 0.0729. The Morgan fingerprint density at radius 1 is 1.15 bits per heavy atom. The number of morpholine rings is 1. The molecule has 0 radical (unpaired) electrons. The largest absolute Gasteiger partial charge is 0.370 e. The lowest BCUT2D eigenvalue weighted by atomic mass is 10.1. The maximum Gasteiger partial charge on any atom is 0.254 e. The third kappa shape index (κ3) is 4.08. The van der Waals surface area contributed by atoms with Gasteiger partial charge in [0.1, 0.15) is 18.0 Å². The van der Waals surface area contributed by atoms with E-state index in [-0.39, 0.29) is 17.6 Å². The van der Waals surface area contributed by atoms with Crippen LogP contribution in [0.3, 0.4) is 0 Å². The number of nitrogens with one attached hydrogen (secondary N) is 1. The van der Waals surface area contributed by atoms with Gasteiger partial charge in [-0.25, -0.2) is 4.39 Å². The Balaban J connectivity index is 1.63. The van der Waals surface area contributed by atoms with Crippen molar-refractivity contribution < 1.29 is 18.7 Å². The Morgan fingerprint density at radius 2 is 1.85 bits per heavy atom. The summed E-state index contributed by atoms with van der Waals surface area (Å²) in [6.07, 6.45) is -0.191. The van der Waals surface area contributed by atoms with Gasteiger partial charge in [-0.2, -0.15) is 0 Å². The van der Waals surface area contributed by atoms with Crippen molar-refractivity contribution in [1.29, 1.82) is 0 Å². The standard InChI is InChI=1S/C20H21FN2O3/c1-14(22-19(24)16-9-5-6-10-17(16)21)20(25)23-11-12-26-18(13-23)15-7-3-2-4-8-15/h2-10,14,18H,11-13H2,1H3,(H,22,24)/t14-,18?/m1/s1. The molecule has 1 aliphatic heterocycles. The van der Waals surface area contributed by atoms with Crippen molar-refractivity contribution >= 4 is 11.8 Å². The van der Waals surface area contributed by atoms with Gasteiger partial charge in [-0.1, -0.05) is 42.5 Å². The quantitative estimate of drug-likeness (QED) is 0.916. The Bertz CT molecular complexity index is 782. The molecule has 5 nitrogen and oxygen atoms in total. The second kappa shape index (κ2) is 8.10. The molecule has 136 valence electrons. The number of ether oxygens (including phenoxy) is 1. The molecule has 1 fully saturated rings. The van der Waals surface area contributed by atoms with Crippen LogP contribution in [0, 0.1) is 5.82 Å². The Labute approximate surface area is 151 Å². The van der Waals surface area contributed by atoms with E-state index in [2.05, 4.69) is 5.32 Å². The summed E-state index contributed by atoms with van der Waals surface area (Å²) in [5, 5.41) is 2.58. The predicted octanol–water partition coefficient (Wildman–Crippen LogP) is 2.54. The first kappa shape index (κ1) is 18.1. The highest BCUT2D eigenvalue weighted by Gasteiger charge is 2.29. The van der Waals surface area contributed by atoms with Gasteiger partial charge in [-0.15, -0.1) is 0 Å². The molecule has 2 aromatic carbocycles. The van der Waals surface area contributed by atoms with Gasteiger partial charge < -0.3 is 15.0 Å². The first-order valence-electron chi connectivity index (χ1n) is 8.57. The minimum Gasteiger partial charge on any atom is -0.370 e. The maximum absolute atomic E-state index is 13.7. The van der Waals surface area contributed by atoms with Gasteiger partial charge in [-0.05, 0) is 24.6 Å². The highest BCUT2D eigenvalue weighted by molar-refractivity contribution is 5.97. The zero-order valence-corrected chi connectivity index (χ0v) is 14.5. The number of halogens is 1. The molecular weight excluding hydrogens is 335 g/mol. The van der Waals surface area contributed by atoms with Gasteiger partial charge in [0, 0.05) is 6.54 Å². The zero-order chi connectivity index (χ0) is 18.5. The summed E-state index contributed by atoms with van der Waals surface area (Å²) in [6, 6.07) is 14.6. The smallest absolute Gasteiger partial charge is 0.254 e. The number of hydrogen-bond acceptors (Lipinski definition) is 3. The van der Waals surface area contributed by atoms with E-state index in [1.54, 1.807) is 17.9 Å². The Kier molecular flexibility index (Phi) is 5.63.